The van der Waals surface area contributed by atoms with Crippen LogP contribution in [0.2, 0.25) is 5.02 Å². The van der Waals surface area contributed by atoms with E-state index in [1.807, 2.05) is 12.1 Å². The van der Waals surface area contributed by atoms with E-state index in [4.69, 9.17) is 21.1 Å². The quantitative estimate of drug-likeness (QED) is 0.562. The van der Waals surface area contributed by atoms with Gasteiger partial charge in [0.2, 0.25) is 0 Å². The van der Waals surface area contributed by atoms with Crippen molar-refractivity contribution in [1.82, 2.24) is 9.55 Å². The molecule has 0 spiro atoms. The van der Waals surface area contributed by atoms with Gasteiger partial charge in [0.05, 0.1) is 24.4 Å². The molecule has 0 atom stereocenters. The van der Waals surface area contributed by atoms with Gasteiger partial charge in [0.15, 0.2) is 0 Å². The number of ether oxygens (including phenoxy) is 2. The van der Waals surface area contributed by atoms with E-state index in [1.54, 1.807) is 13.2 Å². The van der Waals surface area contributed by atoms with Crippen LogP contribution < -0.4 is 9.47 Å². The van der Waals surface area contributed by atoms with Crippen LogP contribution in [0.25, 0.3) is 0 Å². The Bertz CT molecular complexity index is 640. The van der Waals surface area contributed by atoms with Gasteiger partial charge in [-0.3, -0.25) is 0 Å². The average Bonchev–Trinajstić information content (AvgIpc) is 2.95. The zero-order chi connectivity index (χ0) is 17.4. The number of benzene rings is 1. The van der Waals surface area contributed by atoms with Crippen molar-refractivity contribution in [3.63, 3.8) is 0 Å². The molecule has 1 aromatic heterocycles. The van der Waals surface area contributed by atoms with E-state index in [9.17, 15) is 0 Å². The third-order valence-corrected chi connectivity index (χ3v) is 4.28. The largest absolute Gasteiger partial charge is 0.497 e. The lowest BCUT2D eigenvalue weighted by atomic mass is 10.2. The topological polar surface area (TPSA) is 36.3 Å². The molecule has 0 fully saturated rings. The third-order valence-electron chi connectivity index (χ3n) is 3.99. The Morgan fingerprint density at radius 1 is 1.17 bits per heavy atom. The Morgan fingerprint density at radius 3 is 2.67 bits per heavy atom. The maximum absolute atomic E-state index is 6.16. The summed E-state index contributed by atoms with van der Waals surface area (Å²) in [7, 11) is 1.63. The zero-order valence-electron chi connectivity index (χ0n) is 14.8. The van der Waals surface area contributed by atoms with Crippen LogP contribution in [-0.2, 0) is 13.0 Å². The van der Waals surface area contributed by atoms with Gasteiger partial charge in [0.1, 0.15) is 17.3 Å². The first-order valence-electron chi connectivity index (χ1n) is 8.63. The van der Waals surface area contributed by atoms with Crippen molar-refractivity contribution in [2.24, 2.45) is 0 Å². The van der Waals surface area contributed by atoms with Crippen molar-refractivity contribution in [3.05, 3.63) is 40.9 Å². The van der Waals surface area contributed by atoms with Gasteiger partial charge < -0.3 is 14.0 Å². The summed E-state index contributed by atoms with van der Waals surface area (Å²) >= 11 is 6.16. The molecule has 2 aromatic rings. The predicted molar refractivity (Wildman–Crippen MR) is 98.3 cm³/mol. The molecule has 0 unspecified atom stereocenters. The van der Waals surface area contributed by atoms with Crippen LogP contribution in [0.4, 0.5) is 0 Å². The first kappa shape index (κ1) is 18.7. The van der Waals surface area contributed by atoms with Crippen molar-refractivity contribution in [2.45, 2.75) is 52.5 Å². The molecular formula is C19H27ClN2O2. The number of methoxy groups -OCH3 is 1. The summed E-state index contributed by atoms with van der Waals surface area (Å²) in [4.78, 5) is 4.53. The predicted octanol–water partition coefficient (Wildman–Crippen LogP) is 5.06. The molecule has 0 amide bonds. The summed E-state index contributed by atoms with van der Waals surface area (Å²) < 4.78 is 13.1. The number of hydrogen-bond acceptors (Lipinski definition) is 3. The second kappa shape index (κ2) is 9.58. The smallest absolute Gasteiger partial charge is 0.138 e. The molecule has 0 N–H and O–H groups in total. The zero-order valence-corrected chi connectivity index (χ0v) is 15.6. The molecule has 2 rings (SSSR count). The highest BCUT2D eigenvalue weighted by Crippen LogP contribution is 2.28. The average molecular weight is 351 g/mol. The summed E-state index contributed by atoms with van der Waals surface area (Å²) in [5.41, 5.74) is 1.11. The van der Waals surface area contributed by atoms with E-state index in [0.717, 1.165) is 43.0 Å². The van der Waals surface area contributed by atoms with Crippen LogP contribution >= 0.6 is 11.6 Å². The maximum Gasteiger partial charge on any atom is 0.138 e. The second-order valence-electron chi connectivity index (χ2n) is 5.90. The SMILES string of the molecule is CCc1nc(C)cn1CCCCCCOc1ccc(OC)cc1Cl. The first-order valence-corrected chi connectivity index (χ1v) is 9.00. The first-order chi connectivity index (χ1) is 11.6. The minimum absolute atomic E-state index is 0.594. The normalized spacial score (nSPS) is 10.8. The minimum Gasteiger partial charge on any atom is -0.497 e. The second-order valence-corrected chi connectivity index (χ2v) is 6.31. The van der Waals surface area contributed by atoms with Crippen molar-refractivity contribution in [1.29, 1.82) is 0 Å². The van der Waals surface area contributed by atoms with Crippen LogP contribution in [0.3, 0.4) is 0 Å². The monoisotopic (exact) mass is 350 g/mol. The van der Waals surface area contributed by atoms with Gasteiger partial charge in [0.25, 0.3) is 0 Å². The van der Waals surface area contributed by atoms with Gasteiger partial charge in [-0.2, -0.15) is 0 Å². The van der Waals surface area contributed by atoms with Gasteiger partial charge in [-0.1, -0.05) is 31.4 Å². The molecule has 4 nitrogen and oxygen atoms in total. The Balaban J connectivity index is 1.61. The van der Waals surface area contributed by atoms with Crippen LogP contribution in [0.1, 0.15) is 44.1 Å². The highest BCUT2D eigenvalue weighted by Gasteiger charge is 2.04. The highest BCUT2D eigenvalue weighted by molar-refractivity contribution is 6.32. The molecular weight excluding hydrogens is 324 g/mol. The highest BCUT2D eigenvalue weighted by atomic mass is 35.5. The van der Waals surface area contributed by atoms with Crippen LogP contribution in [0, 0.1) is 6.92 Å². The summed E-state index contributed by atoms with van der Waals surface area (Å²) in [6.07, 6.45) is 7.69. The van der Waals surface area contributed by atoms with E-state index in [-0.39, 0.29) is 0 Å². The molecule has 5 heteroatoms. The summed E-state index contributed by atoms with van der Waals surface area (Å²) in [5.74, 6) is 2.65. The molecule has 0 saturated heterocycles. The maximum atomic E-state index is 6.16. The molecule has 1 heterocycles. The standard InChI is InChI=1S/C19H27ClN2O2/c1-4-19-21-15(2)14-22(19)11-7-5-6-8-12-24-18-10-9-16(23-3)13-17(18)20/h9-10,13-14H,4-8,11-12H2,1-3H3. The van der Waals surface area contributed by atoms with E-state index >= 15 is 0 Å². The van der Waals surface area contributed by atoms with Crippen molar-refractivity contribution < 1.29 is 9.47 Å². The molecule has 1 aromatic carbocycles. The van der Waals surface area contributed by atoms with Gasteiger partial charge in [0, 0.05) is 25.2 Å². The van der Waals surface area contributed by atoms with E-state index in [1.165, 1.54) is 18.7 Å². The molecule has 132 valence electrons. The van der Waals surface area contributed by atoms with E-state index in [0.29, 0.717) is 11.6 Å². The Hall–Kier alpha value is -1.68. The Morgan fingerprint density at radius 2 is 1.96 bits per heavy atom. The number of halogens is 1. The van der Waals surface area contributed by atoms with Gasteiger partial charge in [-0.05, 0) is 31.9 Å². The van der Waals surface area contributed by atoms with Crippen LogP contribution in [-0.4, -0.2) is 23.3 Å². The van der Waals surface area contributed by atoms with Crippen molar-refractivity contribution in [2.75, 3.05) is 13.7 Å². The molecule has 0 aliphatic heterocycles. The summed E-state index contributed by atoms with van der Waals surface area (Å²) in [6, 6.07) is 5.49. The Kier molecular flexibility index (Phi) is 7.44. The number of nitrogens with zero attached hydrogens (tertiary/aromatic N) is 2. The van der Waals surface area contributed by atoms with Gasteiger partial charge >= 0.3 is 0 Å². The molecule has 0 radical (unpaired) electrons. The molecule has 0 saturated carbocycles. The number of aryl methyl sites for hydroxylation is 3. The summed E-state index contributed by atoms with van der Waals surface area (Å²) in [5, 5.41) is 0.594. The van der Waals surface area contributed by atoms with Gasteiger partial charge in [-0.15, -0.1) is 0 Å². The van der Waals surface area contributed by atoms with Gasteiger partial charge in [-0.25, -0.2) is 4.98 Å². The number of hydrogen-bond donors (Lipinski definition) is 0. The fourth-order valence-corrected chi connectivity index (χ4v) is 2.94. The molecule has 0 aliphatic rings. The van der Waals surface area contributed by atoms with Crippen LogP contribution in [0.15, 0.2) is 24.4 Å². The third kappa shape index (κ3) is 5.45. The molecule has 24 heavy (non-hydrogen) atoms. The lowest BCUT2D eigenvalue weighted by Crippen LogP contribution is -2.02. The lowest BCUT2D eigenvalue weighted by molar-refractivity contribution is 0.303. The lowest BCUT2D eigenvalue weighted by Gasteiger charge is -2.09. The van der Waals surface area contributed by atoms with Crippen molar-refractivity contribution >= 4 is 11.6 Å². The number of imidazole rings is 1. The number of rotatable bonds is 10. The fraction of sp³-hybridized carbons (Fsp3) is 0.526. The van der Waals surface area contributed by atoms with Crippen LogP contribution in [0.5, 0.6) is 11.5 Å². The number of unbranched alkanes of at least 4 members (excludes halogenated alkanes) is 3. The molecule has 0 aliphatic carbocycles. The van der Waals surface area contributed by atoms with Crippen molar-refractivity contribution in [3.8, 4) is 11.5 Å². The molecule has 0 bridgehead atoms. The van der Waals surface area contributed by atoms with E-state index in [2.05, 4.69) is 29.6 Å². The minimum atomic E-state index is 0.594. The number of aromatic nitrogens is 2. The fourth-order valence-electron chi connectivity index (χ4n) is 2.72. The van der Waals surface area contributed by atoms with E-state index < -0.39 is 0 Å². The Labute approximate surface area is 149 Å². The summed E-state index contributed by atoms with van der Waals surface area (Å²) in [6.45, 7) is 5.95.